The van der Waals surface area contributed by atoms with E-state index in [0.717, 1.165) is 48.9 Å². The first kappa shape index (κ1) is 17.9. The molecule has 1 aliphatic rings. The van der Waals surface area contributed by atoms with Gasteiger partial charge in [0.2, 0.25) is 0 Å². The third-order valence-corrected chi connectivity index (χ3v) is 4.82. The summed E-state index contributed by atoms with van der Waals surface area (Å²) in [6.45, 7) is 8.71. The first-order chi connectivity index (χ1) is 12.0. The summed E-state index contributed by atoms with van der Waals surface area (Å²) in [7, 11) is 0. The standard InChI is InChI=1S/C19H28N4O2/c1-14-7-4-5-9-19(14)25-13-18(24)12-22-10-6-8-17(22)11-23-16(3)20-15(2)21-23/h4-5,7,9,17-18,24H,6,8,10-13H2,1-3H3/t17-,18-/m0/s1. The number of aliphatic hydroxyl groups is 1. The second-order valence-corrected chi connectivity index (χ2v) is 6.91. The molecule has 0 unspecified atom stereocenters. The molecule has 1 aliphatic heterocycles. The van der Waals surface area contributed by atoms with Gasteiger partial charge in [-0.15, -0.1) is 0 Å². The molecule has 0 spiro atoms. The molecule has 6 heteroatoms. The molecule has 1 aromatic carbocycles. The minimum absolute atomic E-state index is 0.315. The van der Waals surface area contributed by atoms with Crippen molar-refractivity contribution in [3.63, 3.8) is 0 Å². The molecule has 2 aromatic rings. The van der Waals surface area contributed by atoms with Crippen LogP contribution >= 0.6 is 0 Å². The summed E-state index contributed by atoms with van der Waals surface area (Å²) in [5, 5.41) is 14.9. The van der Waals surface area contributed by atoms with E-state index in [0.29, 0.717) is 19.2 Å². The molecule has 136 valence electrons. The molecule has 0 radical (unpaired) electrons. The van der Waals surface area contributed by atoms with Crippen molar-refractivity contribution in [2.75, 3.05) is 19.7 Å². The summed E-state index contributed by atoms with van der Waals surface area (Å²) in [4.78, 5) is 6.72. The average molecular weight is 344 g/mol. The number of aryl methyl sites for hydroxylation is 3. The first-order valence-electron chi connectivity index (χ1n) is 9.01. The van der Waals surface area contributed by atoms with Gasteiger partial charge in [0, 0.05) is 12.6 Å². The minimum atomic E-state index is -0.501. The van der Waals surface area contributed by atoms with Crippen molar-refractivity contribution in [1.82, 2.24) is 19.7 Å². The van der Waals surface area contributed by atoms with Gasteiger partial charge < -0.3 is 9.84 Å². The molecule has 1 fully saturated rings. The summed E-state index contributed by atoms with van der Waals surface area (Å²) in [5.74, 6) is 2.61. The molecule has 2 atom stereocenters. The number of aliphatic hydroxyl groups excluding tert-OH is 1. The molecule has 1 N–H and O–H groups in total. The van der Waals surface area contributed by atoms with Crippen LogP contribution in [0.2, 0.25) is 0 Å². The summed E-state index contributed by atoms with van der Waals surface area (Å²) in [6, 6.07) is 8.29. The minimum Gasteiger partial charge on any atom is -0.491 e. The summed E-state index contributed by atoms with van der Waals surface area (Å²) in [6.07, 6.45) is 1.78. The van der Waals surface area contributed by atoms with Gasteiger partial charge in [-0.05, 0) is 51.8 Å². The Morgan fingerprint density at radius 1 is 1.28 bits per heavy atom. The van der Waals surface area contributed by atoms with Crippen LogP contribution in [0.1, 0.15) is 30.1 Å². The van der Waals surface area contributed by atoms with Crippen molar-refractivity contribution in [3.8, 4) is 5.75 Å². The summed E-state index contributed by atoms with van der Waals surface area (Å²) in [5.41, 5.74) is 1.09. The zero-order chi connectivity index (χ0) is 17.8. The Bertz CT molecular complexity index is 700. The number of para-hydroxylation sites is 1. The van der Waals surface area contributed by atoms with E-state index in [2.05, 4.69) is 15.0 Å². The van der Waals surface area contributed by atoms with Gasteiger partial charge in [0.25, 0.3) is 0 Å². The Balaban J connectivity index is 1.52. The van der Waals surface area contributed by atoms with Crippen LogP contribution in [0, 0.1) is 20.8 Å². The fourth-order valence-electron chi connectivity index (χ4n) is 3.50. The van der Waals surface area contributed by atoms with Crippen molar-refractivity contribution in [2.24, 2.45) is 0 Å². The lowest BCUT2D eigenvalue weighted by molar-refractivity contribution is 0.0606. The molecule has 0 amide bonds. The number of benzene rings is 1. The van der Waals surface area contributed by atoms with Gasteiger partial charge in [0.05, 0.1) is 6.54 Å². The Labute approximate surface area is 149 Å². The molecule has 2 heterocycles. The van der Waals surface area contributed by atoms with E-state index in [1.54, 1.807) is 0 Å². The van der Waals surface area contributed by atoms with Crippen LogP contribution in [0.15, 0.2) is 24.3 Å². The number of β-amino-alcohol motifs (C(OH)–C–C–N with tert-alkyl or cyclic N) is 1. The molecule has 0 aliphatic carbocycles. The van der Waals surface area contributed by atoms with Crippen molar-refractivity contribution >= 4 is 0 Å². The van der Waals surface area contributed by atoms with E-state index in [4.69, 9.17) is 4.74 Å². The fourth-order valence-corrected chi connectivity index (χ4v) is 3.50. The monoisotopic (exact) mass is 344 g/mol. The Kier molecular flexibility index (Phi) is 5.71. The normalized spacial score (nSPS) is 19.3. The number of ether oxygens (including phenoxy) is 1. The van der Waals surface area contributed by atoms with Crippen LogP contribution in [0.5, 0.6) is 5.75 Å². The highest BCUT2D eigenvalue weighted by molar-refractivity contribution is 5.31. The second kappa shape index (κ2) is 7.97. The largest absolute Gasteiger partial charge is 0.491 e. The van der Waals surface area contributed by atoms with Crippen LogP contribution in [-0.2, 0) is 6.54 Å². The van der Waals surface area contributed by atoms with Crippen molar-refractivity contribution in [1.29, 1.82) is 0 Å². The molecule has 25 heavy (non-hydrogen) atoms. The van der Waals surface area contributed by atoms with Crippen molar-refractivity contribution in [2.45, 2.75) is 52.3 Å². The van der Waals surface area contributed by atoms with E-state index in [1.165, 1.54) is 0 Å². The predicted octanol–water partition coefficient (Wildman–Crippen LogP) is 2.11. The summed E-state index contributed by atoms with van der Waals surface area (Å²) >= 11 is 0. The third kappa shape index (κ3) is 4.58. The van der Waals surface area contributed by atoms with Gasteiger partial charge in [-0.1, -0.05) is 18.2 Å². The predicted molar refractivity (Wildman–Crippen MR) is 96.8 cm³/mol. The molecule has 3 rings (SSSR count). The molecule has 0 bridgehead atoms. The topological polar surface area (TPSA) is 63.4 Å². The maximum absolute atomic E-state index is 10.4. The van der Waals surface area contributed by atoms with E-state index in [9.17, 15) is 5.11 Å². The van der Waals surface area contributed by atoms with Crippen LogP contribution in [0.4, 0.5) is 0 Å². The zero-order valence-corrected chi connectivity index (χ0v) is 15.4. The number of likely N-dealkylation sites (tertiary alicyclic amines) is 1. The second-order valence-electron chi connectivity index (χ2n) is 6.91. The Hall–Kier alpha value is -1.92. The maximum Gasteiger partial charge on any atom is 0.147 e. The van der Waals surface area contributed by atoms with Gasteiger partial charge in [-0.2, -0.15) is 5.10 Å². The third-order valence-electron chi connectivity index (χ3n) is 4.82. The smallest absolute Gasteiger partial charge is 0.147 e. The maximum atomic E-state index is 10.4. The lowest BCUT2D eigenvalue weighted by atomic mass is 10.2. The van der Waals surface area contributed by atoms with Crippen LogP contribution in [-0.4, -0.2) is 56.6 Å². The lowest BCUT2D eigenvalue weighted by Gasteiger charge is -2.27. The van der Waals surface area contributed by atoms with Crippen molar-refractivity contribution in [3.05, 3.63) is 41.5 Å². The van der Waals surface area contributed by atoms with Crippen molar-refractivity contribution < 1.29 is 9.84 Å². The molecule has 1 aromatic heterocycles. The van der Waals surface area contributed by atoms with Crippen LogP contribution in [0.3, 0.4) is 0 Å². The average Bonchev–Trinajstić information content (AvgIpc) is 3.13. The quantitative estimate of drug-likeness (QED) is 0.833. The Morgan fingerprint density at radius 3 is 2.80 bits per heavy atom. The molecular formula is C19H28N4O2. The number of hydrogen-bond donors (Lipinski definition) is 1. The summed E-state index contributed by atoms with van der Waals surface area (Å²) < 4.78 is 7.76. The number of rotatable bonds is 7. The van der Waals surface area contributed by atoms with Gasteiger partial charge >= 0.3 is 0 Å². The number of hydrogen-bond acceptors (Lipinski definition) is 5. The molecule has 6 nitrogen and oxygen atoms in total. The number of nitrogens with zero attached hydrogens (tertiary/aromatic N) is 4. The molecule has 1 saturated heterocycles. The van der Waals surface area contributed by atoms with E-state index in [-0.39, 0.29) is 0 Å². The van der Waals surface area contributed by atoms with E-state index in [1.807, 2.05) is 49.7 Å². The van der Waals surface area contributed by atoms with E-state index >= 15 is 0 Å². The van der Waals surface area contributed by atoms with Gasteiger partial charge in [-0.3, -0.25) is 4.90 Å². The SMILES string of the molecule is Cc1nc(C)n(C[C@@H]2CCCN2C[C@H](O)COc2ccccc2C)n1. The van der Waals surface area contributed by atoms with Gasteiger partial charge in [-0.25, -0.2) is 9.67 Å². The van der Waals surface area contributed by atoms with Crippen LogP contribution in [0.25, 0.3) is 0 Å². The highest BCUT2D eigenvalue weighted by atomic mass is 16.5. The lowest BCUT2D eigenvalue weighted by Crippen LogP contribution is -2.40. The van der Waals surface area contributed by atoms with E-state index < -0.39 is 6.10 Å². The van der Waals surface area contributed by atoms with Gasteiger partial charge in [0.1, 0.15) is 30.1 Å². The van der Waals surface area contributed by atoms with Gasteiger partial charge in [0.15, 0.2) is 0 Å². The molecule has 0 saturated carbocycles. The Morgan fingerprint density at radius 2 is 2.08 bits per heavy atom. The number of aromatic nitrogens is 3. The van der Waals surface area contributed by atoms with Crippen LogP contribution < -0.4 is 4.74 Å². The fraction of sp³-hybridized carbons (Fsp3) is 0.579. The highest BCUT2D eigenvalue weighted by Crippen LogP contribution is 2.20. The highest BCUT2D eigenvalue weighted by Gasteiger charge is 2.27. The first-order valence-corrected chi connectivity index (χ1v) is 9.01. The zero-order valence-electron chi connectivity index (χ0n) is 15.4. The molecular weight excluding hydrogens is 316 g/mol.